The van der Waals surface area contributed by atoms with E-state index in [0.717, 1.165) is 0 Å². The Kier molecular flexibility index (Phi) is 3.20. The summed E-state index contributed by atoms with van der Waals surface area (Å²) in [5, 5.41) is 13.8. The smallest absolute Gasteiger partial charge is 0.315 e. The van der Waals surface area contributed by atoms with E-state index in [1.165, 1.54) is 0 Å². The normalized spacial score (nSPS) is 18.4. The van der Waals surface area contributed by atoms with E-state index in [0.29, 0.717) is 12.8 Å². The van der Waals surface area contributed by atoms with Gasteiger partial charge in [0.15, 0.2) is 0 Å². The molecule has 1 aliphatic carbocycles. The molecule has 1 aliphatic rings. The first-order valence-corrected chi connectivity index (χ1v) is 4.74. The fraction of sp³-hybridized carbons (Fsp3) is 0.600. The van der Waals surface area contributed by atoms with E-state index < -0.39 is 17.4 Å². The molecule has 0 saturated heterocycles. The van der Waals surface area contributed by atoms with Crippen molar-refractivity contribution in [3.63, 3.8) is 0 Å². The average Bonchev–Trinajstić information content (AvgIpc) is 2.95. The SMILES string of the molecule is C#CC(C)NC(=O)NCC1(C(=O)O)CC1. The van der Waals surface area contributed by atoms with Gasteiger partial charge in [0, 0.05) is 6.54 Å². The number of carbonyl (C=O) groups excluding carboxylic acids is 1. The Morgan fingerprint density at radius 1 is 1.60 bits per heavy atom. The molecular weight excluding hydrogens is 196 g/mol. The van der Waals surface area contributed by atoms with Gasteiger partial charge >= 0.3 is 12.0 Å². The maximum Gasteiger partial charge on any atom is 0.315 e. The Labute approximate surface area is 88.2 Å². The van der Waals surface area contributed by atoms with Gasteiger partial charge < -0.3 is 15.7 Å². The zero-order valence-electron chi connectivity index (χ0n) is 8.54. The highest BCUT2D eigenvalue weighted by Crippen LogP contribution is 2.45. The number of urea groups is 1. The molecule has 1 atom stereocenters. The summed E-state index contributed by atoms with van der Waals surface area (Å²) in [6.45, 7) is 1.83. The molecule has 82 valence electrons. The second-order valence-electron chi connectivity index (χ2n) is 3.80. The van der Waals surface area contributed by atoms with Crippen molar-refractivity contribution in [2.75, 3.05) is 6.54 Å². The molecule has 0 heterocycles. The van der Waals surface area contributed by atoms with Crippen molar-refractivity contribution in [2.45, 2.75) is 25.8 Å². The lowest BCUT2D eigenvalue weighted by Crippen LogP contribution is -2.43. The summed E-state index contributed by atoms with van der Waals surface area (Å²) in [5.74, 6) is 1.49. The number of carboxylic acids is 1. The maximum atomic E-state index is 11.2. The van der Waals surface area contributed by atoms with Gasteiger partial charge in [-0.1, -0.05) is 5.92 Å². The first-order valence-electron chi connectivity index (χ1n) is 4.74. The molecule has 3 N–H and O–H groups in total. The molecule has 1 fully saturated rings. The zero-order chi connectivity index (χ0) is 11.5. The van der Waals surface area contributed by atoms with Gasteiger partial charge in [-0.15, -0.1) is 6.42 Å². The highest BCUT2D eigenvalue weighted by atomic mass is 16.4. The standard InChI is InChI=1S/C10H14N2O3/c1-3-7(2)12-9(15)11-6-10(4-5-10)8(13)14/h1,7H,4-6H2,2H3,(H,13,14)(H2,11,12,15). The number of nitrogens with one attached hydrogen (secondary N) is 2. The van der Waals surface area contributed by atoms with Crippen LogP contribution in [0.1, 0.15) is 19.8 Å². The number of amides is 2. The molecule has 0 bridgehead atoms. The average molecular weight is 210 g/mol. The van der Waals surface area contributed by atoms with E-state index in [2.05, 4.69) is 16.6 Å². The third kappa shape index (κ3) is 2.88. The second-order valence-corrected chi connectivity index (χ2v) is 3.80. The summed E-state index contributed by atoms with van der Waals surface area (Å²) in [6, 6.07) is -0.780. The second kappa shape index (κ2) is 4.22. The summed E-state index contributed by atoms with van der Waals surface area (Å²) in [5.41, 5.74) is -0.739. The van der Waals surface area contributed by atoms with Gasteiger partial charge in [0.05, 0.1) is 11.5 Å². The lowest BCUT2D eigenvalue weighted by molar-refractivity contribution is -0.143. The van der Waals surface area contributed by atoms with Gasteiger partial charge in [0.1, 0.15) is 0 Å². The number of aliphatic carboxylic acids is 1. The van der Waals surface area contributed by atoms with Crippen LogP contribution in [0.25, 0.3) is 0 Å². The quantitative estimate of drug-likeness (QED) is 0.579. The Morgan fingerprint density at radius 3 is 2.60 bits per heavy atom. The van der Waals surface area contributed by atoms with Gasteiger partial charge in [-0.2, -0.15) is 0 Å². The topological polar surface area (TPSA) is 78.4 Å². The molecule has 0 spiro atoms. The molecule has 2 amide bonds. The molecule has 0 radical (unpaired) electrons. The highest BCUT2D eigenvalue weighted by Gasteiger charge is 2.50. The largest absolute Gasteiger partial charge is 0.481 e. The molecule has 1 saturated carbocycles. The molecule has 0 aliphatic heterocycles. The summed E-state index contributed by atoms with van der Waals surface area (Å²) in [7, 11) is 0. The van der Waals surface area contributed by atoms with Crippen LogP contribution < -0.4 is 10.6 Å². The first-order chi connectivity index (χ1) is 7.00. The number of carboxylic acid groups (broad SMARTS) is 1. The van der Waals surface area contributed by atoms with E-state index in [-0.39, 0.29) is 12.6 Å². The van der Waals surface area contributed by atoms with Crippen LogP contribution in [0.15, 0.2) is 0 Å². The number of terminal acetylenes is 1. The van der Waals surface area contributed by atoms with Crippen LogP contribution in [0.3, 0.4) is 0 Å². The zero-order valence-corrected chi connectivity index (χ0v) is 8.54. The van der Waals surface area contributed by atoms with Gasteiger partial charge in [-0.25, -0.2) is 4.79 Å². The van der Waals surface area contributed by atoms with E-state index in [9.17, 15) is 9.59 Å². The molecule has 0 aromatic heterocycles. The minimum absolute atomic E-state index is 0.158. The Bertz CT molecular complexity index is 315. The van der Waals surface area contributed by atoms with Crippen molar-refractivity contribution in [2.24, 2.45) is 5.41 Å². The van der Waals surface area contributed by atoms with Crippen LogP contribution in [-0.2, 0) is 4.79 Å². The Hall–Kier alpha value is -1.70. The first kappa shape index (κ1) is 11.4. The van der Waals surface area contributed by atoms with Crippen LogP contribution >= 0.6 is 0 Å². The number of hydrogen-bond acceptors (Lipinski definition) is 2. The predicted molar refractivity (Wildman–Crippen MR) is 54.1 cm³/mol. The molecular formula is C10H14N2O3. The van der Waals surface area contributed by atoms with Crippen molar-refractivity contribution in [3.8, 4) is 12.3 Å². The van der Waals surface area contributed by atoms with Gasteiger partial charge in [-0.3, -0.25) is 4.79 Å². The highest BCUT2D eigenvalue weighted by molar-refractivity contribution is 5.80. The van der Waals surface area contributed by atoms with Crippen LogP contribution in [0, 0.1) is 17.8 Å². The molecule has 1 unspecified atom stereocenters. The van der Waals surface area contributed by atoms with Crippen LogP contribution in [0.2, 0.25) is 0 Å². The number of rotatable bonds is 4. The van der Waals surface area contributed by atoms with Crippen LogP contribution in [0.5, 0.6) is 0 Å². The molecule has 1 rings (SSSR count). The third-order valence-electron chi connectivity index (χ3n) is 2.49. The fourth-order valence-electron chi connectivity index (χ4n) is 1.16. The summed E-state index contributed by atoms with van der Waals surface area (Å²) < 4.78 is 0. The van der Waals surface area contributed by atoms with Gasteiger partial charge in [0.25, 0.3) is 0 Å². The van der Waals surface area contributed by atoms with Crippen LogP contribution in [0.4, 0.5) is 4.79 Å². The number of carbonyl (C=O) groups is 2. The summed E-state index contributed by atoms with van der Waals surface area (Å²) in [6.07, 6.45) is 6.31. The minimum atomic E-state index is -0.854. The molecule has 5 nitrogen and oxygen atoms in total. The van der Waals surface area contributed by atoms with Gasteiger partial charge in [0.2, 0.25) is 0 Å². The van der Waals surface area contributed by atoms with E-state index in [1.807, 2.05) is 0 Å². The third-order valence-corrected chi connectivity index (χ3v) is 2.49. The minimum Gasteiger partial charge on any atom is -0.481 e. The maximum absolute atomic E-state index is 11.2. The van der Waals surface area contributed by atoms with Gasteiger partial charge in [-0.05, 0) is 19.8 Å². The Balaban J connectivity index is 2.29. The summed E-state index contributed by atoms with van der Waals surface area (Å²) in [4.78, 5) is 22.0. The number of hydrogen-bond donors (Lipinski definition) is 3. The lowest BCUT2D eigenvalue weighted by Gasteiger charge is -2.13. The van der Waals surface area contributed by atoms with Crippen molar-refractivity contribution in [3.05, 3.63) is 0 Å². The fourth-order valence-corrected chi connectivity index (χ4v) is 1.16. The van der Waals surface area contributed by atoms with Crippen LogP contribution in [-0.4, -0.2) is 29.7 Å². The summed E-state index contributed by atoms with van der Waals surface area (Å²) >= 11 is 0. The predicted octanol–water partition coefficient (Wildman–Crippen LogP) is 0.172. The molecule has 0 aromatic carbocycles. The van der Waals surface area contributed by atoms with E-state index in [4.69, 9.17) is 11.5 Å². The van der Waals surface area contributed by atoms with E-state index >= 15 is 0 Å². The van der Waals surface area contributed by atoms with E-state index in [1.54, 1.807) is 6.92 Å². The molecule has 15 heavy (non-hydrogen) atoms. The van der Waals surface area contributed by atoms with Crippen molar-refractivity contribution in [1.82, 2.24) is 10.6 Å². The Morgan fingerprint density at radius 2 is 2.20 bits per heavy atom. The lowest BCUT2D eigenvalue weighted by atomic mass is 10.1. The monoisotopic (exact) mass is 210 g/mol. The van der Waals surface area contributed by atoms with Crippen molar-refractivity contribution in [1.29, 1.82) is 0 Å². The van der Waals surface area contributed by atoms with Crippen molar-refractivity contribution >= 4 is 12.0 Å². The van der Waals surface area contributed by atoms with Crippen molar-refractivity contribution < 1.29 is 14.7 Å². The molecule has 5 heteroatoms. The molecule has 0 aromatic rings.